The van der Waals surface area contributed by atoms with E-state index in [-0.39, 0.29) is 69.4 Å². The van der Waals surface area contributed by atoms with Crippen LogP contribution in [0.4, 0.5) is 0 Å². The quantitative estimate of drug-likeness (QED) is 0.0696. The van der Waals surface area contributed by atoms with Gasteiger partial charge in [0, 0.05) is 43.7 Å². The van der Waals surface area contributed by atoms with Gasteiger partial charge in [0.15, 0.2) is 8.46 Å². The normalized spacial score (nSPS) is 13.1. The van der Waals surface area contributed by atoms with Crippen molar-refractivity contribution in [1.29, 1.82) is 0 Å². The van der Waals surface area contributed by atoms with Crippen LogP contribution in [0.1, 0.15) is 17.5 Å². The van der Waals surface area contributed by atoms with Crippen LogP contribution in [0.15, 0.2) is 67.2 Å². The molecular weight excluding hydrogens is 564 g/mol. The number of nitrogens with one attached hydrogen (secondary N) is 1. The Hall–Kier alpha value is -3.31. The molecule has 13 nitrogen and oxygen atoms in total. The van der Waals surface area contributed by atoms with Crippen LogP contribution < -0.4 is 5.32 Å². The van der Waals surface area contributed by atoms with Crippen molar-refractivity contribution in [2.45, 2.75) is 24.9 Å². The first kappa shape index (κ1) is 34.7. The second-order valence-electron chi connectivity index (χ2n) is 8.80. The summed E-state index contributed by atoms with van der Waals surface area (Å²) in [5, 5.41) is 41.6. The molecule has 1 unspecified atom stereocenters. The fourth-order valence-electron chi connectivity index (χ4n) is 3.59. The zero-order chi connectivity index (χ0) is 30.5. The molecule has 0 aliphatic heterocycles. The van der Waals surface area contributed by atoms with E-state index < -0.39 is 33.5 Å². The molecule has 0 aliphatic carbocycles. The fourth-order valence-corrected chi connectivity index (χ4v) is 4.59. The molecule has 1 aromatic carbocycles. The third-order valence-corrected chi connectivity index (χ3v) is 7.83. The monoisotopic (exact) mass is 599 g/mol. The van der Waals surface area contributed by atoms with Crippen molar-refractivity contribution in [1.82, 2.24) is 15.1 Å². The van der Waals surface area contributed by atoms with Crippen LogP contribution in [0.2, 0.25) is 0 Å². The summed E-state index contributed by atoms with van der Waals surface area (Å²) in [6, 6.07) is 4.61. The van der Waals surface area contributed by atoms with Crippen LogP contribution >= 0.6 is 16.1 Å². The molecule has 40 heavy (non-hydrogen) atoms. The molecule has 0 aromatic heterocycles. The van der Waals surface area contributed by atoms with Crippen LogP contribution in [0.5, 0.6) is 5.75 Å². The summed E-state index contributed by atoms with van der Waals surface area (Å²) in [6.07, 6.45) is 2.59. The number of carbonyl (C=O) groups excluding carboxylic acids is 1. The highest BCUT2D eigenvalue weighted by Gasteiger charge is 2.30. The zero-order valence-corrected chi connectivity index (χ0v) is 23.6. The zero-order valence-electron chi connectivity index (χ0n) is 21.8. The van der Waals surface area contributed by atoms with Gasteiger partial charge in [0.2, 0.25) is 11.4 Å². The molecule has 1 amide bonds. The minimum Gasteiger partial charge on any atom is -0.512 e. The van der Waals surface area contributed by atoms with E-state index in [1.165, 1.54) is 18.2 Å². The highest BCUT2D eigenvalue weighted by atomic mass is 31.2. The van der Waals surface area contributed by atoms with Gasteiger partial charge in [0.1, 0.15) is 11.5 Å². The van der Waals surface area contributed by atoms with Crippen molar-refractivity contribution in [2.75, 3.05) is 32.7 Å². The van der Waals surface area contributed by atoms with Crippen LogP contribution in [0.25, 0.3) is 0 Å². The number of hydrogen-bond acceptors (Lipinski definition) is 9. The molecule has 0 radical (unpaired) electrons. The predicted octanol–water partition coefficient (Wildman–Crippen LogP) is 2.64. The number of aromatic hydroxyl groups is 1. The SMILES string of the molecule is C=C/C(O)=C(\C=C)CN(CCN(CC(=C)O)Cc1cc(CCC(=O)NC(P=O)P(=O)(O)O)ccc1O)CC(=O)O. The van der Waals surface area contributed by atoms with E-state index in [0.717, 1.165) is 0 Å². The summed E-state index contributed by atoms with van der Waals surface area (Å²) in [5.74, 6) is -2.17. The molecule has 15 heteroatoms. The Bertz CT molecular complexity index is 1180. The molecule has 1 atom stereocenters. The van der Waals surface area contributed by atoms with E-state index >= 15 is 0 Å². The average molecular weight is 600 g/mol. The highest BCUT2D eigenvalue weighted by Crippen LogP contribution is 2.44. The van der Waals surface area contributed by atoms with E-state index in [1.807, 2.05) is 5.32 Å². The van der Waals surface area contributed by atoms with E-state index in [0.29, 0.717) is 16.7 Å². The van der Waals surface area contributed by atoms with E-state index in [9.17, 15) is 39.1 Å². The molecule has 0 heterocycles. The third-order valence-electron chi connectivity index (χ3n) is 5.55. The smallest absolute Gasteiger partial charge is 0.359 e. The standard InChI is InChI=1S/C25H35N3O10P2/c1-4-19(21(30)5-2)14-28(16-24(33)34)11-10-27(13-17(3)29)15-20-12-18(6-8-22(20)31)7-9-23(32)26-25(39-35)40(36,37)38/h4-6,8,12,25,29-31H,1-3,7,9-11,13-16H2,(H,26,32)(H,33,34)(H2,36,37,38)/b21-19-. The van der Waals surface area contributed by atoms with E-state index in [1.54, 1.807) is 21.9 Å². The Morgan fingerprint density at radius 1 is 1.05 bits per heavy atom. The number of nitrogens with zero attached hydrogens (tertiary/aromatic N) is 2. The first-order chi connectivity index (χ1) is 18.7. The Labute approximate surface area is 233 Å². The number of benzene rings is 1. The lowest BCUT2D eigenvalue weighted by Crippen LogP contribution is -2.39. The molecule has 1 aromatic rings. The maximum atomic E-state index is 12.1. The van der Waals surface area contributed by atoms with Crippen LogP contribution in [0, 0.1) is 0 Å². The summed E-state index contributed by atoms with van der Waals surface area (Å²) in [6.45, 7) is 10.9. The lowest BCUT2D eigenvalue weighted by Gasteiger charge is -2.27. The second-order valence-corrected chi connectivity index (χ2v) is 11.6. The van der Waals surface area contributed by atoms with Crippen molar-refractivity contribution >= 4 is 27.9 Å². The number of aryl methyl sites for hydroxylation is 1. The third kappa shape index (κ3) is 12.7. The lowest BCUT2D eigenvalue weighted by atomic mass is 10.0. The Morgan fingerprint density at radius 2 is 1.70 bits per heavy atom. The minimum atomic E-state index is -4.79. The predicted molar refractivity (Wildman–Crippen MR) is 149 cm³/mol. The van der Waals surface area contributed by atoms with Gasteiger partial charge in [0.25, 0.3) is 0 Å². The Balaban J connectivity index is 3.00. The fraction of sp³-hybridized carbons (Fsp3) is 0.360. The number of hydrogen-bond donors (Lipinski definition) is 7. The van der Waals surface area contributed by atoms with Gasteiger partial charge in [-0.05, 0) is 24.1 Å². The van der Waals surface area contributed by atoms with Gasteiger partial charge in [-0.25, -0.2) is 0 Å². The number of allylic oxidation sites excluding steroid dienone is 1. The molecule has 0 bridgehead atoms. The second kappa shape index (κ2) is 16.7. The number of aliphatic hydroxyl groups excluding tert-OH is 2. The van der Waals surface area contributed by atoms with Gasteiger partial charge in [-0.3, -0.25) is 28.5 Å². The first-order valence-electron chi connectivity index (χ1n) is 11.9. The van der Waals surface area contributed by atoms with Crippen molar-refractivity contribution in [2.24, 2.45) is 0 Å². The Morgan fingerprint density at radius 3 is 2.23 bits per heavy atom. The minimum absolute atomic E-state index is 0.00717. The molecule has 0 saturated carbocycles. The molecule has 0 fully saturated rings. The van der Waals surface area contributed by atoms with Gasteiger partial charge in [-0.15, -0.1) is 0 Å². The molecule has 0 spiro atoms. The van der Waals surface area contributed by atoms with Gasteiger partial charge < -0.3 is 35.5 Å². The van der Waals surface area contributed by atoms with E-state index in [4.69, 9.17) is 9.79 Å². The Kier molecular flexibility index (Phi) is 14.5. The van der Waals surface area contributed by atoms with Crippen molar-refractivity contribution in [3.05, 3.63) is 78.3 Å². The summed E-state index contributed by atoms with van der Waals surface area (Å²) < 4.78 is 22.2. The van der Waals surface area contributed by atoms with Crippen LogP contribution in [-0.4, -0.2) is 90.1 Å². The molecule has 1 rings (SSSR count). The van der Waals surface area contributed by atoms with Gasteiger partial charge in [0.05, 0.1) is 18.8 Å². The van der Waals surface area contributed by atoms with Gasteiger partial charge in [-0.1, -0.05) is 37.9 Å². The average Bonchev–Trinajstić information content (AvgIpc) is 2.87. The number of aliphatic carboxylic acids is 1. The van der Waals surface area contributed by atoms with Gasteiger partial charge >= 0.3 is 13.6 Å². The first-order valence-corrected chi connectivity index (χ1v) is 14.4. The number of carboxylic acid groups (broad SMARTS) is 1. The van der Waals surface area contributed by atoms with Crippen molar-refractivity contribution in [3.8, 4) is 5.75 Å². The molecule has 0 aliphatic rings. The molecule has 7 N–H and O–H groups in total. The number of phenols is 1. The van der Waals surface area contributed by atoms with Crippen molar-refractivity contribution in [3.63, 3.8) is 0 Å². The van der Waals surface area contributed by atoms with Crippen LogP contribution in [0.3, 0.4) is 0 Å². The lowest BCUT2D eigenvalue weighted by molar-refractivity contribution is -0.138. The summed E-state index contributed by atoms with van der Waals surface area (Å²) in [5.41, 5.74) is -0.405. The van der Waals surface area contributed by atoms with Gasteiger partial charge in [-0.2, -0.15) is 0 Å². The largest absolute Gasteiger partial charge is 0.512 e. The topological polar surface area (TPSA) is 208 Å². The summed E-state index contributed by atoms with van der Waals surface area (Å²) >= 11 is 0. The number of phenolic OH excluding ortho intramolecular Hbond substituents is 1. The molecular formula is C25H35N3O10P2. The van der Waals surface area contributed by atoms with Crippen molar-refractivity contribution < 1.29 is 48.9 Å². The highest BCUT2D eigenvalue weighted by molar-refractivity contribution is 7.61. The summed E-state index contributed by atoms with van der Waals surface area (Å²) in [4.78, 5) is 45.0. The number of rotatable bonds is 19. The number of amides is 1. The molecule has 220 valence electrons. The molecule has 0 saturated heterocycles. The number of carbonyl (C=O) groups is 2. The maximum absolute atomic E-state index is 12.1. The van der Waals surface area contributed by atoms with Crippen LogP contribution in [-0.2, 0) is 31.7 Å². The number of carboxylic acids is 1. The van der Waals surface area contributed by atoms with E-state index in [2.05, 4.69) is 19.7 Å². The number of aliphatic hydroxyl groups is 2. The maximum Gasteiger partial charge on any atom is 0.359 e. The summed E-state index contributed by atoms with van der Waals surface area (Å²) in [7, 11) is -5.71.